The monoisotopic (exact) mass is 266 g/mol. The van der Waals surface area contributed by atoms with Crippen LogP contribution in [0.2, 0.25) is 0 Å². The third kappa shape index (κ3) is 2.79. The molecule has 1 unspecified atom stereocenters. The van der Waals surface area contributed by atoms with E-state index in [9.17, 15) is 4.79 Å². The van der Waals surface area contributed by atoms with E-state index in [1.807, 2.05) is 24.3 Å². The zero-order valence-corrected chi connectivity index (χ0v) is 11.2. The molecule has 4 N–H and O–H groups in total. The zero-order chi connectivity index (χ0) is 13.2. The lowest BCUT2D eigenvalue weighted by Crippen LogP contribution is -2.56. The molecule has 2 rings (SSSR count). The average Bonchev–Trinajstić information content (AvgIpc) is 3.21. The summed E-state index contributed by atoms with van der Waals surface area (Å²) < 4.78 is 5.09. The Kier molecular flexibility index (Phi) is 3.82. The normalized spacial score (nSPS) is 18.1. The fourth-order valence-electron chi connectivity index (χ4n) is 1.86. The summed E-state index contributed by atoms with van der Waals surface area (Å²) in [5.41, 5.74) is 10.7. The summed E-state index contributed by atoms with van der Waals surface area (Å²) >= 11 is 1.56. The van der Waals surface area contributed by atoms with E-state index in [0.29, 0.717) is 5.75 Å². The van der Waals surface area contributed by atoms with Crippen LogP contribution in [0.1, 0.15) is 12.8 Å². The molecule has 4 nitrogen and oxygen atoms in total. The van der Waals surface area contributed by atoms with Gasteiger partial charge in [-0.3, -0.25) is 4.79 Å². The highest BCUT2D eigenvalue weighted by molar-refractivity contribution is 7.99. The predicted octanol–water partition coefficient (Wildman–Crippen LogP) is 1.38. The van der Waals surface area contributed by atoms with Gasteiger partial charge in [-0.25, -0.2) is 0 Å². The van der Waals surface area contributed by atoms with Crippen LogP contribution < -0.4 is 16.2 Å². The van der Waals surface area contributed by atoms with Gasteiger partial charge in [0.25, 0.3) is 0 Å². The Hall–Kier alpha value is -1.20. The first-order chi connectivity index (χ1) is 8.56. The average molecular weight is 266 g/mol. The third-order valence-electron chi connectivity index (χ3n) is 3.30. The summed E-state index contributed by atoms with van der Waals surface area (Å²) in [5, 5.41) is 0. The van der Waals surface area contributed by atoms with Gasteiger partial charge in [-0.2, -0.15) is 0 Å². The van der Waals surface area contributed by atoms with Gasteiger partial charge in [0.15, 0.2) is 0 Å². The van der Waals surface area contributed by atoms with Gasteiger partial charge in [0.2, 0.25) is 5.91 Å². The fourth-order valence-corrected chi connectivity index (χ4v) is 2.98. The Balaban J connectivity index is 1.98. The number of benzene rings is 1. The van der Waals surface area contributed by atoms with Crippen LogP contribution in [-0.4, -0.2) is 24.3 Å². The second kappa shape index (κ2) is 5.20. The predicted molar refractivity (Wildman–Crippen MR) is 72.6 cm³/mol. The maximum Gasteiger partial charge on any atom is 0.238 e. The Labute approximate surface area is 111 Å². The van der Waals surface area contributed by atoms with E-state index in [4.69, 9.17) is 16.2 Å². The SMILES string of the molecule is COc1ccc(SCC(N)(C(N)=O)C2CC2)cc1. The minimum absolute atomic E-state index is 0.251. The molecule has 98 valence electrons. The number of nitrogens with two attached hydrogens (primary N) is 2. The first-order valence-electron chi connectivity index (χ1n) is 5.92. The molecule has 1 aromatic rings. The van der Waals surface area contributed by atoms with Crippen molar-refractivity contribution in [2.45, 2.75) is 23.3 Å². The van der Waals surface area contributed by atoms with Crippen LogP contribution in [0.4, 0.5) is 0 Å². The van der Waals surface area contributed by atoms with Crippen molar-refractivity contribution >= 4 is 17.7 Å². The quantitative estimate of drug-likeness (QED) is 0.762. The van der Waals surface area contributed by atoms with Crippen LogP contribution in [0.5, 0.6) is 5.75 Å². The van der Waals surface area contributed by atoms with Crippen LogP contribution in [0.25, 0.3) is 0 Å². The number of hydrogen-bond donors (Lipinski definition) is 2. The Bertz CT molecular complexity index is 431. The van der Waals surface area contributed by atoms with Crippen molar-refractivity contribution in [2.24, 2.45) is 17.4 Å². The number of thioether (sulfide) groups is 1. The molecule has 0 aromatic heterocycles. The smallest absolute Gasteiger partial charge is 0.238 e. The number of primary amides is 1. The van der Waals surface area contributed by atoms with E-state index >= 15 is 0 Å². The number of hydrogen-bond acceptors (Lipinski definition) is 4. The van der Waals surface area contributed by atoms with Gasteiger partial charge in [0, 0.05) is 10.6 Å². The topological polar surface area (TPSA) is 78.3 Å². The molecule has 1 aliphatic carbocycles. The maximum absolute atomic E-state index is 11.5. The Morgan fingerprint density at radius 2 is 2.06 bits per heavy atom. The van der Waals surface area contributed by atoms with Gasteiger partial charge < -0.3 is 16.2 Å². The molecule has 18 heavy (non-hydrogen) atoms. The van der Waals surface area contributed by atoms with Crippen LogP contribution in [-0.2, 0) is 4.79 Å². The number of carbonyl (C=O) groups is 1. The fraction of sp³-hybridized carbons (Fsp3) is 0.462. The number of amides is 1. The molecule has 1 atom stereocenters. The highest BCUT2D eigenvalue weighted by Crippen LogP contribution is 2.40. The standard InChI is InChI=1S/C13H18N2O2S/c1-17-10-4-6-11(7-5-10)18-8-13(15,12(14)16)9-2-3-9/h4-7,9H,2-3,8,15H2,1H3,(H2,14,16). The largest absolute Gasteiger partial charge is 0.497 e. The molecule has 1 amide bonds. The minimum Gasteiger partial charge on any atom is -0.497 e. The molecule has 0 heterocycles. The molecule has 1 saturated carbocycles. The van der Waals surface area contributed by atoms with E-state index in [0.717, 1.165) is 23.5 Å². The van der Waals surface area contributed by atoms with Crippen LogP contribution in [0.15, 0.2) is 29.2 Å². The van der Waals surface area contributed by atoms with E-state index in [2.05, 4.69) is 0 Å². The molecule has 5 heteroatoms. The molecular formula is C13H18N2O2S. The first kappa shape index (κ1) is 13.2. The number of rotatable bonds is 6. The van der Waals surface area contributed by atoms with Crippen LogP contribution in [0, 0.1) is 5.92 Å². The summed E-state index contributed by atoms with van der Waals surface area (Å²) in [6.45, 7) is 0. The summed E-state index contributed by atoms with van der Waals surface area (Å²) in [5.74, 6) is 1.20. The highest BCUT2D eigenvalue weighted by Gasteiger charge is 2.46. The number of ether oxygens (including phenoxy) is 1. The number of methoxy groups -OCH3 is 1. The molecule has 1 aliphatic rings. The molecule has 0 saturated heterocycles. The summed E-state index contributed by atoms with van der Waals surface area (Å²) in [7, 11) is 1.63. The van der Waals surface area contributed by atoms with Crippen molar-refractivity contribution in [1.29, 1.82) is 0 Å². The second-order valence-corrected chi connectivity index (χ2v) is 5.69. The Morgan fingerprint density at radius 1 is 1.44 bits per heavy atom. The minimum atomic E-state index is -0.870. The highest BCUT2D eigenvalue weighted by atomic mass is 32.2. The lowest BCUT2D eigenvalue weighted by Gasteiger charge is -2.25. The Morgan fingerprint density at radius 3 is 2.50 bits per heavy atom. The van der Waals surface area contributed by atoms with Gasteiger partial charge >= 0.3 is 0 Å². The van der Waals surface area contributed by atoms with Crippen molar-refractivity contribution < 1.29 is 9.53 Å². The lowest BCUT2D eigenvalue weighted by atomic mass is 9.96. The van der Waals surface area contributed by atoms with E-state index in [1.54, 1.807) is 18.9 Å². The molecule has 1 aromatic carbocycles. The molecular weight excluding hydrogens is 248 g/mol. The molecule has 0 radical (unpaired) electrons. The zero-order valence-electron chi connectivity index (χ0n) is 10.4. The molecule has 0 spiro atoms. The van der Waals surface area contributed by atoms with E-state index in [1.165, 1.54) is 0 Å². The summed E-state index contributed by atoms with van der Waals surface area (Å²) in [6.07, 6.45) is 2.01. The van der Waals surface area contributed by atoms with Crippen molar-refractivity contribution in [2.75, 3.05) is 12.9 Å². The first-order valence-corrected chi connectivity index (χ1v) is 6.90. The van der Waals surface area contributed by atoms with Crippen molar-refractivity contribution in [3.63, 3.8) is 0 Å². The van der Waals surface area contributed by atoms with Gasteiger partial charge in [0.05, 0.1) is 7.11 Å². The van der Waals surface area contributed by atoms with Crippen molar-refractivity contribution in [3.05, 3.63) is 24.3 Å². The summed E-state index contributed by atoms with van der Waals surface area (Å²) in [4.78, 5) is 12.6. The lowest BCUT2D eigenvalue weighted by molar-refractivity contribution is -0.123. The number of carbonyl (C=O) groups excluding carboxylic acids is 1. The van der Waals surface area contributed by atoms with Gasteiger partial charge in [-0.05, 0) is 43.0 Å². The van der Waals surface area contributed by atoms with Crippen molar-refractivity contribution in [1.82, 2.24) is 0 Å². The molecule has 1 fully saturated rings. The molecule has 0 aliphatic heterocycles. The van der Waals surface area contributed by atoms with E-state index in [-0.39, 0.29) is 5.92 Å². The summed E-state index contributed by atoms with van der Waals surface area (Å²) in [6, 6.07) is 7.69. The van der Waals surface area contributed by atoms with E-state index < -0.39 is 11.4 Å². The van der Waals surface area contributed by atoms with Crippen LogP contribution >= 0.6 is 11.8 Å². The van der Waals surface area contributed by atoms with Crippen molar-refractivity contribution in [3.8, 4) is 5.75 Å². The molecule has 0 bridgehead atoms. The maximum atomic E-state index is 11.5. The van der Waals surface area contributed by atoms with Gasteiger partial charge in [-0.1, -0.05) is 0 Å². The van der Waals surface area contributed by atoms with Gasteiger partial charge in [0.1, 0.15) is 11.3 Å². The van der Waals surface area contributed by atoms with Crippen LogP contribution in [0.3, 0.4) is 0 Å². The third-order valence-corrected chi connectivity index (χ3v) is 4.53. The second-order valence-electron chi connectivity index (χ2n) is 4.64. The van der Waals surface area contributed by atoms with Gasteiger partial charge in [-0.15, -0.1) is 11.8 Å².